The Kier molecular flexibility index (Phi) is 3.46. The van der Waals surface area contributed by atoms with Crippen molar-refractivity contribution in [3.63, 3.8) is 0 Å². The molecule has 0 amide bonds. The SMILES string of the molecule is CC(=O)Oc1ccccc1CNc1ncnc2nc[nH]c12. The quantitative estimate of drug-likeness (QED) is 0.561. The lowest BCUT2D eigenvalue weighted by molar-refractivity contribution is -0.131. The predicted octanol–water partition coefficient (Wildman–Crippen LogP) is 1.89. The largest absolute Gasteiger partial charge is 0.426 e. The Balaban J connectivity index is 1.82. The standard InChI is InChI=1S/C14H13N5O2/c1-9(20)21-11-5-3-2-4-10(11)6-15-13-12-14(17-7-16-12)19-8-18-13/h2-5,7-8H,6H2,1H3,(H2,15,16,17,18,19). The van der Waals surface area contributed by atoms with Crippen LogP contribution in [0.4, 0.5) is 5.82 Å². The van der Waals surface area contributed by atoms with Gasteiger partial charge < -0.3 is 15.0 Å². The molecule has 3 aromatic rings. The third-order valence-electron chi connectivity index (χ3n) is 2.90. The molecule has 0 atom stereocenters. The summed E-state index contributed by atoms with van der Waals surface area (Å²) in [5.74, 6) is 0.836. The fourth-order valence-corrected chi connectivity index (χ4v) is 1.98. The van der Waals surface area contributed by atoms with E-state index in [1.807, 2.05) is 18.2 Å². The van der Waals surface area contributed by atoms with Crippen molar-refractivity contribution in [1.29, 1.82) is 0 Å². The van der Waals surface area contributed by atoms with Crippen LogP contribution in [-0.4, -0.2) is 25.9 Å². The number of esters is 1. The van der Waals surface area contributed by atoms with Crippen molar-refractivity contribution in [3.8, 4) is 5.75 Å². The number of aromatic nitrogens is 4. The lowest BCUT2D eigenvalue weighted by Gasteiger charge is -2.10. The van der Waals surface area contributed by atoms with Gasteiger partial charge in [-0.05, 0) is 6.07 Å². The van der Waals surface area contributed by atoms with Crippen molar-refractivity contribution in [2.45, 2.75) is 13.5 Å². The van der Waals surface area contributed by atoms with Crippen molar-refractivity contribution < 1.29 is 9.53 Å². The lowest BCUT2D eigenvalue weighted by atomic mass is 10.2. The molecule has 1 aromatic carbocycles. The minimum atomic E-state index is -0.347. The molecule has 0 spiro atoms. The third-order valence-corrected chi connectivity index (χ3v) is 2.90. The zero-order valence-electron chi connectivity index (χ0n) is 11.3. The normalized spacial score (nSPS) is 10.5. The Morgan fingerprint density at radius 3 is 3.00 bits per heavy atom. The molecule has 2 heterocycles. The van der Waals surface area contributed by atoms with E-state index in [0.29, 0.717) is 23.8 Å². The van der Waals surface area contributed by atoms with E-state index in [-0.39, 0.29) is 5.97 Å². The summed E-state index contributed by atoms with van der Waals surface area (Å²) in [4.78, 5) is 26.4. The molecule has 0 fully saturated rings. The molecule has 0 saturated heterocycles. The first-order valence-electron chi connectivity index (χ1n) is 6.38. The number of anilines is 1. The van der Waals surface area contributed by atoms with E-state index in [4.69, 9.17) is 4.74 Å². The smallest absolute Gasteiger partial charge is 0.308 e. The van der Waals surface area contributed by atoms with Gasteiger partial charge in [0.25, 0.3) is 0 Å². The summed E-state index contributed by atoms with van der Waals surface area (Å²) >= 11 is 0. The Labute approximate surface area is 120 Å². The molecule has 2 N–H and O–H groups in total. The van der Waals surface area contributed by atoms with Gasteiger partial charge in [0, 0.05) is 19.0 Å². The average molecular weight is 283 g/mol. The summed E-state index contributed by atoms with van der Waals surface area (Å²) in [6.45, 7) is 1.84. The van der Waals surface area contributed by atoms with E-state index >= 15 is 0 Å². The number of imidazole rings is 1. The summed E-state index contributed by atoms with van der Waals surface area (Å²) < 4.78 is 5.17. The molecule has 0 radical (unpaired) electrons. The van der Waals surface area contributed by atoms with Gasteiger partial charge in [-0.3, -0.25) is 4.79 Å². The minimum absolute atomic E-state index is 0.347. The maximum absolute atomic E-state index is 11.1. The van der Waals surface area contributed by atoms with Gasteiger partial charge in [-0.2, -0.15) is 0 Å². The zero-order chi connectivity index (χ0) is 14.7. The summed E-state index contributed by atoms with van der Waals surface area (Å²) in [6.07, 6.45) is 3.01. The van der Waals surface area contributed by atoms with Crippen molar-refractivity contribution in [2.75, 3.05) is 5.32 Å². The molecule has 0 aliphatic heterocycles. The Bertz CT molecular complexity index is 784. The summed E-state index contributed by atoms with van der Waals surface area (Å²) in [6, 6.07) is 7.34. The van der Waals surface area contributed by atoms with E-state index in [0.717, 1.165) is 11.1 Å². The van der Waals surface area contributed by atoms with Crippen molar-refractivity contribution >= 4 is 23.0 Å². The van der Waals surface area contributed by atoms with E-state index in [1.54, 1.807) is 12.4 Å². The molecule has 106 valence electrons. The monoisotopic (exact) mass is 283 g/mol. The number of carbonyl (C=O) groups excluding carboxylic acids is 1. The molecule has 3 rings (SSSR count). The number of rotatable bonds is 4. The van der Waals surface area contributed by atoms with Gasteiger partial charge in [-0.25, -0.2) is 15.0 Å². The van der Waals surface area contributed by atoms with Crippen LogP contribution in [0.5, 0.6) is 5.75 Å². The maximum Gasteiger partial charge on any atom is 0.308 e. The Morgan fingerprint density at radius 1 is 1.29 bits per heavy atom. The third kappa shape index (κ3) is 2.81. The first kappa shape index (κ1) is 13.0. The first-order chi connectivity index (χ1) is 10.2. The molecule has 0 saturated carbocycles. The van der Waals surface area contributed by atoms with Crippen molar-refractivity contribution in [3.05, 3.63) is 42.5 Å². The number of ether oxygens (including phenoxy) is 1. The van der Waals surface area contributed by atoms with Crippen LogP contribution in [0.25, 0.3) is 11.2 Å². The van der Waals surface area contributed by atoms with Crippen LogP contribution < -0.4 is 10.1 Å². The van der Waals surface area contributed by atoms with Crippen LogP contribution in [0.3, 0.4) is 0 Å². The van der Waals surface area contributed by atoms with Gasteiger partial charge in [0.2, 0.25) is 0 Å². The van der Waals surface area contributed by atoms with Crippen molar-refractivity contribution in [1.82, 2.24) is 19.9 Å². The molecule has 0 aliphatic rings. The molecular formula is C14H13N5O2. The zero-order valence-corrected chi connectivity index (χ0v) is 11.3. The van der Waals surface area contributed by atoms with E-state index < -0.39 is 0 Å². The van der Waals surface area contributed by atoms with Crippen LogP contribution >= 0.6 is 0 Å². The van der Waals surface area contributed by atoms with E-state index in [1.165, 1.54) is 13.3 Å². The summed E-state index contributed by atoms with van der Waals surface area (Å²) in [7, 11) is 0. The van der Waals surface area contributed by atoms with E-state index in [9.17, 15) is 4.79 Å². The minimum Gasteiger partial charge on any atom is -0.426 e. The topological polar surface area (TPSA) is 92.8 Å². The summed E-state index contributed by atoms with van der Waals surface area (Å²) in [5, 5.41) is 3.19. The molecule has 2 aromatic heterocycles. The van der Waals surface area contributed by atoms with Crippen LogP contribution in [-0.2, 0) is 11.3 Å². The van der Waals surface area contributed by atoms with E-state index in [2.05, 4.69) is 25.3 Å². The highest BCUT2D eigenvalue weighted by molar-refractivity contribution is 5.81. The number of H-pyrrole nitrogens is 1. The first-order valence-corrected chi connectivity index (χ1v) is 6.38. The fourth-order valence-electron chi connectivity index (χ4n) is 1.98. The van der Waals surface area contributed by atoms with Gasteiger partial charge in [-0.15, -0.1) is 0 Å². The number of carbonyl (C=O) groups is 1. The Morgan fingerprint density at radius 2 is 2.14 bits per heavy atom. The fraction of sp³-hybridized carbons (Fsp3) is 0.143. The number of hydrogen-bond donors (Lipinski definition) is 2. The van der Waals surface area contributed by atoms with Gasteiger partial charge >= 0.3 is 5.97 Å². The van der Waals surface area contributed by atoms with Gasteiger partial charge in [0.05, 0.1) is 6.33 Å². The number of fused-ring (bicyclic) bond motifs is 1. The predicted molar refractivity (Wildman–Crippen MR) is 76.8 cm³/mol. The number of hydrogen-bond acceptors (Lipinski definition) is 6. The second-order valence-electron chi connectivity index (χ2n) is 4.38. The summed E-state index contributed by atoms with van der Waals surface area (Å²) in [5.41, 5.74) is 2.20. The molecule has 0 unspecified atom stereocenters. The number of nitrogens with one attached hydrogen (secondary N) is 2. The highest BCUT2D eigenvalue weighted by Crippen LogP contribution is 2.21. The number of para-hydroxylation sites is 1. The van der Waals surface area contributed by atoms with Crippen LogP contribution in [0.15, 0.2) is 36.9 Å². The van der Waals surface area contributed by atoms with Crippen LogP contribution in [0.2, 0.25) is 0 Å². The van der Waals surface area contributed by atoms with Crippen LogP contribution in [0.1, 0.15) is 12.5 Å². The molecule has 21 heavy (non-hydrogen) atoms. The molecule has 7 nitrogen and oxygen atoms in total. The highest BCUT2D eigenvalue weighted by atomic mass is 16.5. The molecular weight excluding hydrogens is 270 g/mol. The number of nitrogens with zero attached hydrogens (tertiary/aromatic N) is 3. The second-order valence-corrected chi connectivity index (χ2v) is 4.38. The van der Waals surface area contributed by atoms with Gasteiger partial charge in [-0.1, -0.05) is 18.2 Å². The average Bonchev–Trinajstić information content (AvgIpc) is 2.95. The maximum atomic E-state index is 11.1. The van der Waals surface area contributed by atoms with Gasteiger partial charge in [0.15, 0.2) is 11.5 Å². The lowest BCUT2D eigenvalue weighted by Crippen LogP contribution is -2.07. The second kappa shape index (κ2) is 5.58. The Hall–Kier alpha value is -2.96. The number of aromatic amines is 1. The molecule has 0 bridgehead atoms. The van der Waals surface area contributed by atoms with Crippen LogP contribution in [0, 0.1) is 0 Å². The molecule has 7 heteroatoms. The van der Waals surface area contributed by atoms with Gasteiger partial charge in [0.1, 0.15) is 17.6 Å². The molecule has 0 aliphatic carbocycles. The van der Waals surface area contributed by atoms with Crippen molar-refractivity contribution in [2.24, 2.45) is 0 Å². The highest BCUT2D eigenvalue weighted by Gasteiger charge is 2.08. The number of benzene rings is 1.